The van der Waals surface area contributed by atoms with Crippen molar-refractivity contribution in [3.63, 3.8) is 0 Å². The summed E-state index contributed by atoms with van der Waals surface area (Å²) in [4.78, 5) is 50.5. The topological polar surface area (TPSA) is 241 Å². The molecule has 19 heteroatoms. The fourth-order valence-corrected chi connectivity index (χ4v) is 13.1. The number of benzene rings is 2. The maximum atomic E-state index is 13.8. The lowest BCUT2D eigenvalue weighted by Crippen LogP contribution is -2.51. The fraction of sp³-hybridized carbons (Fsp3) is 0.446. The first-order chi connectivity index (χ1) is 36.4. The molecule has 6 aliphatic rings. The summed E-state index contributed by atoms with van der Waals surface area (Å²) < 4.78 is 26.0. The quantitative estimate of drug-likeness (QED) is 0.135. The summed E-state index contributed by atoms with van der Waals surface area (Å²) in [6, 6.07) is 21.1. The van der Waals surface area contributed by atoms with Crippen LogP contribution in [-0.2, 0) is 31.9 Å². The van der Waals surface area contributed by atoms with Gasteiger partial charge in [-0.25, -0.2) is 19.9 Å². The van der Waals surface area contributed by atoms with Crippen LogP contribution in [0.25, 0.3) is 67.2 Å². The zero-order valence-corrected chi connectivity index (χ0v) is 42.7. The van der Waals surface area contributed by atoms with Crippen molar-refractivity contribution < 1.29 is 23.8 Å². The minimum absolute atomic E-state index is 0.00780. The molecule has 8 atom stereocenters. The van der Waals surface area contributed by atoms with E-state index < -0.39 is 0 Å². The predicted molar refractivity (Wildman–Crippen MR) is 283 cm³/mol. The number of hydrogen-bond acceptors (Lipinski definition) is 13. The van der Waals surface area contributed by atoms with Crippen LogP contribution in [0.2, 0.25) is 0 Å². The molecule has 14 rings (SSSR count). The Morgan fingerprint density at radius 1 is 0.680 bits per heavy atom. The van der Waals surface area contributed by atoms with Gasteiger partial charge in [-0.1, -0.05) is 0 Å². The van der Waals surface area contributed by atoms with Gasteiger partial charge in [-0.2, -0.15) is 5.26 Å². The van der Waals surface area contributed by atoms with E-state index in [0.717, 1.165) is 87.6 Å². The molecule has 0 spiro atoms. The average molecular weight is 1010 g/mol. The van der Waals surface area contributed by atoms with E-state index in [9.17, 15) is 9.59 Å². The number of aromatic nitrogens is 8. The van der Waals surface area contributed by atoms with Gasteiger partial charge in [0, 0.05) is 92.7 Å². The zero-order chi connectivity index (χ0) is 51.6. The lowest BCUT2D eigenvalue weighted by Gasteiger charge is -2.33. The van der Waals surface area contributed by atoms with Gasteiger partial charge in [-0.05, 0) is 123 Å². The van der Waals surface area contributed by atoms with Crippen molar-refractivity contribution in [1.82, 2.24) is 48.0 Å². The van der Waals surface area contributed by atoms with Crippen LogP contribution >= 0.6 is 0 Å². The van der Waals surface area contributed by atoms with E-state index in [4.69, 9.17) is 46.6 Å². The van der Waals surface area contributed by atoms with Crippen LogP contribution in [0.4, 0.5) is 0 Å². The second kappa shape index (κ2) is 18.2. The maximum absolute atomic E-state index is 13.8. The van der Waals surface area contributed by atoms with E-state index in [2.05, 4.69) is 47.9 Å². The Morgan fingerprint density at radius 3 is 1.60 bits per heavy atom. The van der Waals surface area contributed by atoms with Gasteiger partial charge < -0.3 is 59.5 Å². The predicted octanol–water partition coefficient (Wildman–Crippen LogP) is 5.60. The van der Waals surface area contributed by atoms with E-state index >= 15 is 0 Å². The number of nitrogens with two attached hydrogens (primary N) is 3. The number of nitriles is 1. The zero-order valence-electron chi connectivity index (χ0n) is 42.7. The number of likely N-dealkylation sites (tertiary alicyclic amines) is 2. The van der Waals surface area contributed by atoms with Crippen molar-refractivity contribution >= 4 is 55.9 Å². The molecule has 386 valence electrons. The number of hydrogen-bond donors (Lipinski definition) is 3. The lowest BCUT2D eigenvalue weighted by atomic mass is 10.0. The summed E-state index contributed by atoms with van der Waals surface area (Å²) in [6.45, 7) is 3.07. The number of amides is 2. The number of pyridine rings is 2. The molecule has 2 amide bonds. The van der Waals surface area contributed by atoms with Gasteiger partial charge >= 0.3 is 0 Å². The molecule has 8 heterocycles. The SMILES string of the molecule is COc1cc(C(=O)N2C[C@H]3C[C@H](N)[C@@H]2[C@@H]3N)cc2nc(-c3cc4cccnc4n3CC3CC3)n(C)c12.COc1cc(C(=O)N2C[C@H]3C[C@H](OCC#N)[C@@H]2[C@@H]3N)cc2nc(-c3cc4cccnc4n3CC3CC3)n(C)c12. The lowest BCUT2D eigenvalue weighted by molar-refractivity contribution is 0.00514. The van der Waals surface area contributed by atoms with E-state index in [1.165, 1.54) is 25.7 Å². The molecule has 4 aliphatic carbocycles. The summed E-state index contributed by atoms with van der Waals surface area (Å²) in [5.74, 6) is 4.44. The first-order valence-corrected chi connectivity index (χ1v) is 26.3. The number of carbonyl (C=O) groups excluding carboxylic acids is 2. The molecule has 6 aromatic heterocycles. The van der Waals surface area contributed by atoms with Crippen molar-refractivity contribution in [3.05, 3.63) is 84.2 Å². The third-order valence-electron chi connectivity index (χ3n) is 17.1. The maximum Gasteiger partial charge on any atom is 0.254 e. The fourth-order valence-electron chi connectivity index (χ4n) is 13.1. The van der Waals surface area contributed by atoms with Gasteiger partial charge in [-0.3, -0.25) is 9.59 Å². The second-order valence-electron chi connectivity index (χ2n) is 21.8. The number of carbonyl (C=O) groups is 2. The molecule has 0 radical (unpaired) electrons. The summed E-state index contributed by atoms with van der Waals surface area (Å²) in [6.07, 6.45) is 10.1. The van der Waals surface area contributed by atoms with E-state index in [0.29, 0.717) is 53.1 Å². The molecule has 4 bridgehead atoms. The number of piperidine rings is 2. The number of methoxy groups -OCH3 is 2. The van der Waals surface area contributed by atoms with Gasteiger partial charge in [0.1, 0.15) is 40.4 Å². The number of aryl methyl sites for hydroxylation is 2. The molecule has 6 N–H and O–H groups in total. The van der Waals surface area contributed by atoms with E-state index in [-0.39, 0.29) is 66.6 Å². The van der Waals surface area contributed by atoms with E-state index in [1.807, 2.05) is 77.3 Å². The molecule has 8 aromatic rings. The van der Waals surface area contributed by atoms with Crippen molar-refractivity contribution in [1.29, 1.82) is 5.26 Å². The van der Waals surface area contributed by atoms with Crippen LogP contribution in [0.3, 0.4) is 0 Å². The Balaban J connectivity index is 0.000000145. The Bertz CT molecular complexity index is 3640. The largest absolute Gasteiger partial charge is 0.494 e. The van der Waals surface area contributed by atoms with Crippen LogP contribution in [0, 0.1) is 35.0 Å². The van der Waals surface area contributed by atoms with Crippen LogP contribution < -0.4 is 26.7 Å². The highest BCUT2D eigenvalue weighted by atomic mass is 16.5. The number of rotatable bonds is 12. The molecular weight excluding hydrogens is 949 g/mol. The Hall–Kier alpha value is -7.37. The minimum atomic E-state index is -0.248. The summed E-state index contributed by atoms with van der Waals surface area (Å²) in [5.41, 5.74) is 27.3. The first kappa shape index (κ1) is 47.4. The van der Waals surface area contributed by atoms with Crippen molar-refractivity contribution in [2.45, 2.75) is 87.9 Å². The molecule has 19 nitrogen and oxygen atoms in total. The van der Waals surface area contributed by atoms with Gasteiger partial charge in [0.2, 0.25) is 0 Å². The second-order valence-corrected chi connectivity index (χ2v) is 21.8. The standard InChI is InChI=1S/C29H31N7O3.C27H31N7O2/c1-34-25-20(33-28(34)21-11-17-4-3-8-32-27(17)35(21)14-16-5-6-16)10-18(12-22(25)38-2)29(37)36-15-19-13-23(39-9-7-30)26(36)24(19)31;1-32-24-19(31-26(32)20-10-15-4-3-7-30-25(15)33(20)12-14-5-6-14)9-16(11-21(24)36-2)27(35)34-13-17-8-18(28)23(34)22(17)29/h3-4,8,10-12,16,19,23-24,26H,5-6,9,13-15,31H2,1-2H3;3-4,7,9-11,14,17-18,22-23H,5-6,8,12-13,28-29H2,1-2H3/t19-,23+,24-,26-;17-,18+,22-,23-/m11/s1. The highest BCUT2D eigenvalue weighted by Crippen LogP contribution is 2.43. The normalized spacial score (nSPS) is 24.7. The van der Waals surface area contributed by atoms with E-state index in [1.54, 1.807) is 20.3 Å². The Labute approximate surface area is 433 Å². The monoisotopic (exact) mass is 1010 g/mol. The highest BCUT2D eigenvalue weighted by Gasteiger charge is 2.54. The molecule has 0 unspecified atom stereocenters. The van der Waals surface area contributed by atoms with Gasteiger partial charge in [-0.15, -0.1) is 0 Å². The number of fused-ring (bicyclic) bond motifs is 8. The van der Waals surface area contributed by atoms with Crippen molar-refractivity contribution in [2.75, 3.05) is 33.9 Å². The molecule has 6 fully saturated rings. The number of ether oxygens (including phenoxy) is 3. The summed E-state index contributed by atoms with van der Waals surface area (Å²) in [7, 11) is 7.23. The molecule has 2 aromatic carbocycles. The van der Waals surface area contributed by atoms with Gasteiger partial charge in [0.05, 0.1) is 60.9 Å². The van der Waals surface area contributed by atoms with Crippen LogP contribution in [0.1, 0.15) is 59.2 Å². The number of imidazole rings is 2. The van der Waals surface area contributed by atoms with Crippen LogP contribution in [-0.4, -0.2) is 130 Å². The Kier molecular flexibility index (Phi) is 11.5. The minimum Gasteiger partial charge on any atom is -0.494 e. The highest BCUT2D eigenvalue weighted by molar-refractivity contribution is 6.02. The third kappa shape index (κ3) is 7.82. The van der Waals surface area contributed by atoms with Crippen molar-refractivity contribution in [3.8, 4) is 40.6 Å². The summed E-state index contributed by atoms with van der Waals surface area (Å²) >= 11 is 0. The molecular formula is C56H62N14O5. The molecule has 4 saturated carbocycles. The van der Waals surface area contributed by atoms with Crippen molar-refractivity contribution in [2.24, 2.45) is 55.0 Å². The molecule has 2 aliphatic heterocycles. The van der Waals surface area contributed by atoms with Gasteiger partial charge in [0.25, 0.3) is 11.8 Å². The smallest absolute Gasteiger partial charge is 0.254 e. The Morgan fingerprint density at radius 2 is 1.16 bits per heavy atom. The average Bonchev–Trinajstić information content (AvgIpc) is 4.09. The first-order valence-electron chi connectivity index (χ1n) is 26.3. The third-order valence-corrected chi connectivity index (χ3v) is 17.1. The number of nitrogens with zero attached hydrogens (tertiary/aromatic N) is 11. The summed E-state index contributed by atoms with van der Waals surface area (Å²) in [5, 5.41) is 11.1. The van der Waals surface area contributed by atoms with Crippen LogP contribution in [0.5, 0.6) is 11.5 Å². The van der Waals surface area contributed by atoms with Crippen LogP contribution in [0.15, 0.2) is 73.1 Å². The molecule has 2 saturated heterocycles. The molecule has 75 heavy (non-hydrogen) atoms. The van der Waals surface area contributed by atoms with Gasteiger partial charge in [0.15, 0.2) is 11.6 Å².